The first-order valence-corrected chi connectivity index (χ1v) is 9.20. The Kier molecular flexibility index (Phi) is 8.79. The van der Waals surface area contributed by atoms with Crippen molar-refractivity contribution in [3.63, 3.8) is 0 Å². The summed E-state index contributed by atoms with van der Waals surface area (Å²) in [6, 6.07) is 10.4. The summed E-state index contributed by atoms with van der Waals surface area (Å²) in [7, 11) is 0. The Hall–Kier alpha value is -1.21. The predicted molar refractivity (Wildman–Crippen MR) is 100 cm³/mol. The molecule has 0 heterocycles. The number of ether oxygens (including phenoxy) is 1. The second kappa shape index (κ2) is 10.1. The highest BCUT2D eigenvalue weighted by Crippen LogP contribution is 2.26. The number of aryl methyl sites for hydroxylation is 2. The minimum Gasteiger partial charge on any atom is -0.508 e. The van der Waals surface area contributed by atoms with Crippen molar-refractivity contribution in [2.45, 2.75) is 32.9 Å². The summed E-state index contributed by atoms with van der Waals surface area (Å²) < 4.78 is 42.3. The third-order valence-corrected chi connectivity index (χ3v) is 4.20. The third-order valence-electron chi connectivity index (χ3n) is 3.22. The van der Waals surface area contributed by atoms with Crippen molar-refractivity contribution < 1.29 is 23.0 Å². The molecule has 2 aromatic rings. The van der Waals surface area contributed by atoms with E-state index >= 15 is 0 Å². The molecule has 2 rings (SSSR count). The lowest BCUT2D eigenvalue weighted by Crippen LogP contribution is -2.19. The molecular formula is C18H19Br2F3O2. The lowest BCUT2D eigenvalue weighted by molar-refractivity contribution is -0.153. The Morgan fingerprint density at radius 1 is 0.920 bits per heavy atom. The quantitative estimate of drug-likeness (QED) is 0.526. The molecule has 2 aromatic carbocycles. The highest BCUT2D eigenvalue weighted by Gasteiger charge is 2.28. The van der Waals surface area contributed by atoms with Crippen LogP contribution in [0.15, 0.2) is 45.3 Å². The predicted octanol–water partition coefficient (Wildman–Crippen LogP) is 6.67. The van der Waals surface area contributed by atoms with Crippen LogP contribution in [-0.2, 0) is 12.8 Å². The van der Waals surface area contributed by atoms with Crippen molar-refractivity contribution in [1.29, 1.82) is 0 Å². The average Bonchev–Trinajstić information content (AvgIpc) is 2.55. The van der Waals surface area contributed by atoms with Gasteiger partial charge in [0.25, 0.3) is 0 Å². The molecule has 1 N–H and O–H groups in total. The van der Waals surface area contributed by atoms with E-state index in [0.29, 0.717) is 12.2 Å². The summed E-state index contributed by atoms with van der Waals surface area (Å²) >= 11 is 6.58. The van der Waals surface area contributed by atoms with Gasteiger partial charge in [-0.2, -0.15) is 13.2 Å². The van der Waals surface area contributed by atoms with Crippen LogP contribution in [0, 0.1) is 0 Å². The zero-order valence-electron chi connectivity index (χ0n) is 13.8. The first-order chi connectivity index (χ1) is 11.7. The van der Waals surface area contributed by atoms with Crippen LogP contribution in [0.1, 0.15) is 25.0 Å². The fraction of sp³-hybridized carbons (Fsp3) is 0.333. The molecule has 0 aliphatic heterocycles. The number of rotatable bonds is 4. The van der Waals surface area contributed by atoms with Gasteiger partial charge in [0.15, 0.2) is 6.61 Å². The van der Waals surface area contributed by atoms with E-state index in [1.807, 2.05) is 26.0 Å². The Labute approximate surface area is 162 Å². The van der Waals surface area contributed by atoms with Crippen molar-refractivity contribution in [3.05, 3.63) is 56.5 Å². The molecule has 0 aliphatic carbocycles. The minimum absolute atomic E-state index is 0.290. The van der Waals surface area contributed by atoms with Gasteiger partial charge in [-0.05, 0) is 60.4 Å². The highest BCUT2D eigenvalue weighted by atomic mass is 79.9. The van der Waals surface area contributed by atoms with E-state index in [1.165, 1.54) is 6.07 Å². The van der Waals surface area contributed by atoms with Gasteiger partial charge in [0.2, 0.25) is 0 Å². The first-order valence-electron chi connectivity index (χ1n) is 7.61. The monoisotopic (exact) mass is 482 g/mol. The fourth-order valence-corrected chi connectivity index (χ4v) is 2.78. The number of phenols is 1. The Bertz CT molecular complexity index is 689. The van der Waals surface area contributed by atoms with E-state index in [4.69, 9.17) is 4.74 Å². The van der Waals surface area contributed by atoms with Crippen LogP contribution >= 0.6 is 31.9 Å². The lowest BCUT2D eigenvalue weighted by Gasteiger charge is -2.12. The number of hydrogen-bond donors (Lipinski definition) is 1. The molecule has 0 fully saturated rings. The van der Waals surface area contributed by atoms with Gasteiger partial charge in [-0.15, -0.1) is 0 Å². The van der Waals surface area contributed by atoms with Gasteiger partial charge >= 0.3 is 6.18 Å². The zero-order chi connectivity index (χ0) is 19.0. The fourth-order valence-electron chi connectivity index (χ4n) is 1.96. The summed E-state index contributed by atoms with van der Waals surface area (Å²) in [6.07, 6.45) is -2.80. The molecule has 0 amide bonds. The van der Waals surface area contributed by atoms with Crippen molar-refractivity contribution in [2.24, 2.45) is 0 Å². The van der Waals surface area contributed by atoms with E-state index in [1.54, 1.807) is 18.2 Å². The number of benzene rings is 2. The third kappa shape index (κ3) is 8.14. The standard InChI is InChI=1S/C10H10BrF3O.C8H9BrO/c1-2-7-5-8(11)3-4-9(7)15-6-10(12,13)14;1-2-6-5-7(9)3-4-8(6)10/h3-5H,2,6H2,1H3;3-5,10H,2H2,1H3. The van der Waals surface area contributed by atoms with Crippen LogP contribution in [0.5, 0.6) is 11.5 Å². The summed E-state index contributed by atoms with van der Waals surface area (Å²) in [5.41, 5.74) is 1.74. The van der Waals surface area contributed by atoms with Gasteiger partial charge in [0.1, 0.15) is 11.5 Å². The van der Waals surface area contributed by atoms with Crippen molar-refractivity contribution in [2.75, 3.05) is 6.61 Å². The van der Waals surface area contributed by atoms with Crippen molar-refractivity contribution in [3.8, 4) is 11.5 Å². The van der Waals surface area contributed by atoms with Gasteiger partial charge < -0.3 is 9.84 Å². The minimum atomic E-state index is -4.29. The molecule has 2 nitrogen and oxygen atoms in total. The average molecular weight is 484 g/mol. The van der Waals surface area contributed by atoms with E-state index in [0.717, 1.165) is 26.5 Å². The topological polar surface area (TPSA) is 29.5 Å². The molecule has 0 atom stereocenters. The van der Waals surface area contributed by atoms with E-state index in [9.17, 15) is 18.3 Å². The molecule has 0 radical (unpaired) electrons. The molecule has 7 heteroatoms. The van der Waals surface area contributed by atoms with E-state index in [2.05, 4.69) is 31.9 Å². The van der Waals surface area contributed by atoms with Crippen LogP contribution < -0.4 is 4.74 Å². The normalized spacial score (nSPS) is 10.8. The van der Waals surface area contributed by atoms with Gasteiger partial charge in [-0.3, -0.25) is 0 Å². The largest absolute Gasteiger partial charge is 0.508 e. The van der Waals surface area contributed by atoms with Crippen LogP contribution in [0.25, 0.3) is 0 Å². The van der Waals surface area contributed by atoms with E-state index in [-0.39, 0.29) is 5.75 Å². The Morgan fingerprint density at radius 2 is 1.44 bits per heavy atom. The summed E-state index contributed by atoms with van der Waals surface area (Å²) in [4.78, 5) is 0. The number of hydrogen-bond acceptors (Lipinski definition) is 2. The SMILES string of the molecule is CCc1cc(Br)ccc1O.CCc1cc(Br)ccc1OCC(F)(F)F. The van der Waals surface area contributed by atoms with Crippen LogP contribution in [-0.4, -0.2) is 17.9 Å². The molecule has 0 saturated carbocycles. The van der Waals surface area contributed by atoms with Gasteiger partial charge in [-0.1, -0.05) is 45.7 Å². The first kappa shape index (κ1) is 21.8. The number of phenolic OH excluding ortho intramolecular Hbond substituents is 1. The second-order valence-corrected chi connectivity index (χ2v) is 6.97. The summed E-state index contributed by atoms with van der Waals surface area (Å²) in [6.45, 7) is 2.63. The second-order valence-electron chi connectivity index (χ2n) is 5.14. The Balaban J connectivity index is 0.000000271. The van der Waals surface area contributed by atoms with Gasteiger partial charge in [0, 0.05) is 8.95 Å². The number of alkyl halides is 3. The maximum Gasteiger partial charge on any atom is 0.422 e. The summed E-state index contributed by atoms with van der Waals surface area (Å²) in [5.74, 6) is 0.670. The molecule has 0 spiro atoms. The molecule has 0 saturated heterocycles. The maximum atomic E-state index is 11.9. The molecule has 138 valence electrons. The molecule has 0 aromatic heterocycles. The number of halogens is 5. The van der Waals surface area contributed by atoms with Gasteiger partial charge in [0.05, 0.1) is 0 Å². The molecule has 0 unspecified atom stereocenters. The zero-order valence-corrected chi connectivity index (χ0v) is 17.0. The van der Waals surface area contributed by atoms with Crippen LogP contribution in [0.2, 0.25) is 0 Å². The lowest BCUT2D eigenvalue weighted by atomic mass is 10.1. The molecule has 0 aliphatic rings. The molecular weight excluding hydrogens is 465 g/mol. The summed E-state index contributed by atoms with van der Waals surface area (Å²) in [5, 5.41) is 9.21. The molecule has 25 heavy (non-hydrogen) atoms. The van der Waals surface area contributed by atoms with Gasteiger partial charge in [-0.25, -0.2) is 0 Å². The Morgan fingerprint density at radius 3 is 1.92 bits per heavy atom. The van der Waals surface area contributed by atoms with Crippen molar-refractivity contribution >= 4 is 31.9 Å². The van der Waals surface area contributed by atoms with Crippen LogP contribution in [0.3, 0.4) is 0 Å². The molecule has 0 bridgehead atoms. The maximum absolute atomic E-state index is 11.9. The smallest absolute Gasteiger partial charge is 0.422 e. The van der Waals surface area contributed by atoms with E-state index < -0.39 is 12.8 Å². The van der Waals surface area contributed by atoms with Crippen LogP contribution in [0.4, 0.5) is 13.2 Å². The highest BCUT2D eigenvalue weighted by molar-refractivity contribution is 9.10. The number of aromatic hydroxyl groups is 1. The van der Waals surface area contributed by atoms with Crippen molar-refractivity contribution in [1.82, 2.24) is 0 Å².